The summed E-state index contributed by atoms with van der Waals surface area (Å²) in [7, 11) is 4.42. The van der Waals surface area contributed by atoms with Crippen molar-refractivity contribution in [3.05, 3.63) is 80.8 Å². The lowest BCUT2D eigenvalue weighted by Gasteiger charge is -2.27. The van der Waals surface area contributed by atoms with Gasteiger partial charge in [0.15, 0.2) is 38.8 Å². The average molecular weight is 933 g/mol. The first kappa shape index (κ1) is 49.8. The average Bonchev–Trinajstić information content (AvgIpc) is 3.80. The predicted octanol–water partition coefficient (Wildman–Crippen LogP) is 9.05. The molecule has 0 saturated heterocycles. The summed E-state index contributed by atoms with van der Waals surface area (Å²) >= 11 is 2.92. The van der Waals surface area contributed by atoms with Crippen LogP contribution in [0, 0.1) is 24.6 Å². The normalized spacial score (nSPS) is 12.0. The van der Waals surface area contributed by atoms with E-state index < -0.39 is 31.6 Å². The molecule has 14 nitrogen and oxygen atoms in total. The third-order valence-electron chi connectivity index (χ3n) is 9.45. The van der Waals surface area contributed by atoms with Crippen LogP contribution in [0.4, 0.5) is 26.0 Å². The quantitative estimate of drug-likeness (QED) is 0.0340. The topological polar surface area (TPSA) is 137 Å². The number of carbonyl (C=O) groups excluding carboxylic acids is 2. The van der Waals surface area contributed by atoms with E-state index in [1.165, 1.54) is 28.4 Å². The Kier molecular flexibility index (Phi) is 17.6. The Morgan fingerprint density at radius 2 is 1.77 bits per heavy atom. The number of fused-ring (bicyclic) bond motifs is 1. The molecule has 0 bridgehead atoms. The molecule has 2 aromatic carbocycles. The lowest BCUT2D eigenvalue weighted by atomic mass is 10.2. The van der Waals surface area contributed by atoms with E-state index in [9.17, 15) is 9.59 Å². The number of anilines is 2. The van der Waals surface area contributed by atoms with Crippen molar-refractivity contribution in [3.8, 4) is 17.6 Å². The molecule has 0 atom stereocenters. The number of aryl methyl sites for hydroxylation is 2. The molecule has 0 unspecified atom stereocenters. The maximum absolute atomic E-state index is 15.2. The number of para-hydroxylation sites is 1. The van der Waals surface area contributed by atoms with Gasteiger partial charge in [0, 0.05) is 45.3 Å². The standard InChI is InChI=1S/C46H61FN8O6S2Si/c1-12-59-42(56)40-38(20-16-26-60-36-22-21-33(30-34(36)47)17-15-23-54(25-24-52(6)7)45(57)61-46(3,4)5)63-43(48-40)53(8)39-29-32(2)41(51-50-39)49-44-55(31-58-27-28-64(9,10)11)35-18-13-14-19-37(35)62-44/h13-14,18-19,21-22,29-30H,12,16,20,23-28,31H2,1-11H3/b49-44-. The van der Waals surface area contributed by atoms with Gasteiger partial charge in [-0.3, -0.25) is 9.47 Å². The smallest absolute Gasteiger partial charge is 0.411 e. The van der Waals surface area contributed by atoms with Crippen molar-refractivity contribution in [1.29, 1.82) is 0 Å². The molecule has 0 radical (unpaired) electrons. The Hall–Kier alpha value is -5.19. The number of hydrogen-bond acceptors (Lipinski definition) is 14. The van der Waals surface area contributed by atoms with Crippen LogP contribution in [0.15, 0.2) is 53.5 Å². The van der Waals surface area contributed by atoms with Crippen LogP contribution in [0.1, 0.15) is 60.6 Å². The van der Waals surface area contributed by atoms with Gasteiger partial charge in [0.1, 0.15) is 12.3 Å². The van der Waals surface area contributed by atoms with E-state index in [0.717, 1.165) is 26.6 Å². The van der Waals surface area contributed by atoms with Crippen LogP contribution in [0.2, 0.25) is 25.7 Å². The number of carbonyl (C=O) groups is 2. The largest absolute Gasteiger partial charge is 0.491 e. The van der Waals surface area contributed by atoms with Crippen LogP contribution in [0.5, 0.6) is 5.75 Å². The second-order valence-corrected chi connectivity index (χ2v) is 25.3. The molecule has 0 N–H and O–H groups in total. The fourth-order valence-electron chi connectivity index (χ4n) is 5.93. The van der Waals surface area contributed by atoms with Gasteiger partial charge < -0.3 is 28.7 Å². The number of nitrogens with zero attached hydrogens (tertiary/aromatic N) is 8. The number of likely N-dealkylation sites (N-methyl/N-ethyl adjacent to an activating group) is 1. The molecule has 18 heteroatoms. The van der Waals surface area contributed by atoms with Crippen LogP contribution in [0.3, 0.4) is 0 Å². The van der Waals surface area contributed by atoms with Gasteiger partial charge in [-0.15, -0.1) is 21.5 Å². The lowest BCUT2D eigenvalue weighted by molar-refractivity contribution is 0.0266. The highest BCUT2D eigenvalue weighted by Crippen LogP contribution is 2.32. The number of ether oxygens (including phenoxy) is 4. The third kappa shape index (κ3) is 14.7. The SMILES string of the molecule is CCOC(=O)c1nc(N(C)c2cc(C)c(/N=c3\sc4ccccc4n3COCC[Si](C)(C)C)nn2)sc1CCCOc1ccc(C#CCN(CCN(C)C)C(=O)OC(C)(C)C)cc1F. The summed E-state index contributed by atoms with van der Waals surface area (Å²) < 4.78 is 41.2. The highest BCUT2D eigenvalue weighted by Gasteiger charge is 2.24. The summed E-state index contributed by atoms with van der Waals surface area (Å²) in [6.07, 6.45) is 0.456. The minimum absolute atomic E-state index is 0.0827. The summed E-state index contributed by atoms with van der Waals surface area (Å²) in [5, 5.41) is 9.56. The van der Waals surface area contributed by atoms with Crippen molar-refractivity contribution in [2.45, 2.75) is 85.5 Å². The minimum atomic E-state index is -1.24. The molecule has 0 saturated carbocycles. The Morgan fingerprint density at radius 1 is 1.00 bits per heavy atom. The summed E-state index contributed by atoms with van der Waals surface area (Å²) in [4.78, 5) is 42.2. The summed E-state index contributed by atoms with van der Waals surface area (Å²) in [6, 6.07) is 15.7. The molecule has 5 rings (SSSR count). The minimum Gasteiger partial charge on any atom is -0.491 e. The summed E-state index contributed by atoms with van der Waals surface area (Å²) in [6.45, 7) is 18.8. The first-order valence-electron chi connectivity index (χ1n) is 21.3. The Balaban J connectivity index is 1.24. The highest BCUT2D eigenvalue weighted by atomic mass is 32.1. The number of aromatic nitrogens is 4. The number of thiazole rings is 2. The van der Waals surface area contributed by atoms with Crippen molar-refractivity contribution in [2.24, 2.45) is 4.99 Å². The molecule has 0 fully saturated rings. The van der Waals surface area contributed by atoms with Gasteiger partial charge in [0.05, 0.1) is 30.0 Å². The fraction of sp³-hybridized carbons (Fsp3) is 0.478. The van der Waals surface area contributed by atoms with Crippen molar-refractivity contribution < 1.29 is 32.9 Å². The first-order chi connectivity index (χ1) is 30.3. The number of benzene rings is 2. The molecule has 0 spiro atoms. The second kappa shape index (κ2) is 22.6. The molecule has 344 valence electrons. The van der Waals surface area contributed by atoms with Gasteiger partial charge in [0.2, 0.25) is 0 Å². The molecular weight excluding hydrogens is 872 g/mol. The molecule has 0 aliphatic heterocycles. The van der Waals surface area contributed by atoms with Crippen LogP contribution in [0.25, 0.3) is 10.2 Å². The zero-order valence-corrected chi connectivity index (χ0v) is 41.5. The van der Waals surface area contributed by atoms with Gasteiger partial charge in [-0.05, 0) is 110 Å². The zero-order valence-electron chi connectivity index (χ0n) is 38.9. The van der Waals surface area contributed by atoms with E-state index in [2.05, 4.69) is 63.4 Å². The van der Waals surface area contributed by atoms with E-state index in [-0.39, 0.29) is 31.2 Å². The molecule has 1 amide bonds. The molecule has 0 aliphatic rings. The molecule has 3 heterocycles. The van der Waals surface area contributed by atoms with Crippen LogP contribution in [-0.2, 0) is 27.4 Å². The molecule has 0 aliphatic carbocycles. The molecule has 3 aromatic heterocycles. The Bertz CT molecular complexity index is 2520. The summed E-state index contributed by atoms with van der Waals surface area (Å²) in [5.74, 6) is 5.93. The highest BCUT2D eigenvalue weighted by molar-refractivity contribution is 7.16. The Labute approximate surface area is 385 Å². The number of hydrogen-bond donors (Lipinski definition) is 0. The van der Waals surface area contributed by atoms with Gasteiger partial charge in [0.25, 0.3) is 0 Å². The van der Waals surface area contributed by atoms with Gasteiger partial charge in [-0.25, -0.2) is 19.0 Å². The first-order valence-corrected chi connectivity index (χ1v) is 26.7. The number of amides is 1. The number of rotatable bonds is 19. The second-order valence-electron chi connectivity index (χ2n) is 17.6. The van der Waals surface area contributed by atoms with Gasteiger partial charge >= 0.3 is 12.1 Å². The van der Waals surface area contributed by atoms with Crippen molar-refractivity contribution in [3.63, 3.8) is 0 Å². The van der Waals surface area contributed by atoms with Crippen molar-refractivity contribution in [1.82, 2.24) is 29.5 Å². The monoisotopic (exact) mass is 932 g/mol. The molecule has 64 heavy (non-hydrogen) atoms. The maximum atomic E-state index is 15.2. The van der Waals surface area contributed by atoms with Crippen molar-refractivity contribution in [2.75, 3.05) is 65.5 Å². The zero-order chi connectivity index (χ0) is 46.6. The number of halogens is 1. The lowest BCUT2D eigenvalue weighted by Crippen LogP contribution is -2.40. The van der Waals surface area contributed by atoms with Crippen LogP contribution < -0.4 is 14.4 Å². The maximum Gasteiger partial charge on any atom is 0.411 e. The third-order valence-corrected chi connectivity index (χ3v) is 13.4. The Morgan fingerprint density at radius 3 is 2.45 bits per heavy atom. The van der Waals surface area contributed by atoms with E-state index in [0.29, 0.717) is 66.5 Å². The fourth-order valence-corrected chi connectivity index (χ4v) is 8.77. The number of esters is 1. The summed E-state index contributed by atoms with van der Waals surface area (Å²) in [5.41, 5.74) is 1.88. The van der Waals surface area contributed by atoms with Gasteiger partial charge in [-0.1, -0.05) is 55.0 Å². The van der Waals surface area contributed by atoms with Crippen LogP contribution in [-0.4, -0.2) is 116 Å². The van der Waals surface area contributed by atoms with Crippen LogP contribution >= 0.6 is 22.7 Å². The molecule has 5 aromatic rings. The van der Waals surface area contributed by atoms with E-state index in [1.807, 2.05) is 71.9 Å². The van der Waals surface area contributed by atoms with Gasteiger partial charge in [-0.2, -0.15) is 4.99 Å². The molecular formula is C46H61FN8O6S2Si. The predicted molar refractivity (Wildman–Crippen MR) is 256 cm³/mol. The van der Waals surface area contributed by atoms with E-state index in [4.69, 9.17) is 23.9 Å². The van der Waals surface area contributed by atoms with E-state index in [1.54, 1.807) is 29.2 Å². The van der Waals surface area contributed by atoms with Crippen molar-refractivity contribution >= 4 is 69.8 Å². The van der Waals surface area contributed by atoms with E-state index >= 15 is 4.39 Å².